The van der Waals surface area contributed by atoms with Gasteiger partial charge in [0.2, 0.25) is 15.9 Å². The van der Waals surface area contributed by atoms with Gasteiger partial charge in [-0.1, -0.05) is 18.7 Å². The van der Waals surface area contributed by atoms with Crippen molar-refractivity contribution in [1.82, 2.24) is 14.9 Å². The highest BCUT2D eigenvalue weighted by Gasteiger charge is 2.18. The van der Waals surface area contributed by atoms with E-state index in [1.165, 1.54) is 23.8 Å². The van der Waals surface area contributed by atoms with Gasteiger partial charge >= 0.3 is 0 Å². The molecule has 0 aliphatic heterocycles. The summed E-state index contributed by atoms with van der Waals surface area (Å²) in [5, 5.41) is 9.27. The number of ether oxygens (including phenoxy) is 1. The summed E-state index contributed by atoms with van der Waals surface area (Å²) in [5.41, 5.74) is 2.93. The van der Waals surface area contributed by atoms with E-state index in [2.05, 4.69) is 37.4 Å². The molecule has 0 atom stereocenters. The number of hydrogen-bond acceptors (Lipinski definition) is 10. The maximum Gasteiger partial charge on any atom is 0.247 e. The fourth-order valence-electron chi connectivity index (χ4n) is 3.71. The number of aromatic nitrogens is 2. The van der Waals surface area contributed by atoms with Gasteiger partial charge in [-0.3, -0.25) is 9.10 Å². The van der Waals surface area contributed by atoms with Crippen molar-refractivity contribution >= 4 is 56.0 Å². The summed E-state index contributed by atoms with van der Waals surface area (Å²) >= 11 is 0. The molecule has 214 valence electrons. The number of sulfonamides is 1. The Morgan fingerprint density at radius 1 is 0.950 bits per heavy atom. The average molecular weight is 569 g/mol. The van der Waals surface area contributed by atoms with Crippen LogP contribution in [0.4, 0.5) is 40.1 Å². The lowest BCUT2D eigenvalue weighted by atomic mass is 10.2. The van der Waals surface area contributed by atoms with Gasteiger partial charge in [0.25, 0.3) is 0 Å². The molecule has 1 aromatic heterocycles. The van der Waals surface area contributed by atoms with Crippen LogP contribution in [0.25, 0.3) is 0 Å². The Morgan fingerprint density at radius 3 is 2.20 bits per heavy atom. The van der Waals surface area contributed by atoms with Gasteiger partial charge in [-0.05, 0) is 38.4 Å². The van der Waals surface area contributed by atoms with Crippen LogP contribution in [0.1, 0.15) is 0 Å². The van der Waals surface area contributed by atoms with E-state index in [9.17, 15) is 13.2 Å². The fraction of sp³-hybridized carbons (Fsp3) is 0.296. The molecule has 0 unspecified atom stereocenters. The van der Waals surface area contributed by atoms with Crippen LogP contribution in [0.3, 0.4) is 0 Å². The van der Waals surface area contributed by atoms with Crippen LogP contribution < -0.4 is 29.9 Å². The predicted molar refractivity (Wildman–Crippen MR) is 162 cm³/mol. The van der Waals surface area contributed by atoms with Crippen molar-refractivity contribution in [3.8, 4) is 5.75 Å². The van der Waals surface area contributed by atoms with Crippen LogP contribution >= 0.6 is 0 Å². The molecule has 40 heavy (non-hydrogen) atoms. The molecule has 1 amide bonds. The molecule has 3 N–H and O–H groups in total. The lowest BCUT2D eigenvalue weighted by molar-refractivity contribution is -0.111. The van der Waals surface area contributed by atoms with Gasteiger partial charge in [0.05, 0.1) is 41.8 Å². The molecule has 0 aliphatic rings. The minimum absolute atomic E-state index is 0.343. The van der Waals surface area contributed by atoms with E-state index < -0.39 is 10.0 Å². The summed E-state index contributed by atoms with van der Waals surface area (Å²) in [4.78, 5) is 24.9. The van der Waals surface area contributed by atoms with Crippen LogP contribution in [0.5, 0.6) is 5.75 Å². The average Bonchev–Trinajstić information content (AvgIpc) is 2.91. The van der Waals surface area contributed by atoms with Gasteiger partial charge < -0.3 is 30.5 Å². The van der Waals surface area contributed by atoms with E-state index in [0.717, 1.165) is 25.0 Å². The number of anilines is 7. The molecule has 2 aromatic carbocycles. The molecular formula is C27H36N8O4S. The van der Waals surface area contributed by atoms with Crippen molar-refractivity contribution in [3.63, 3.8) is 0 Å². The Hall–Kier alpha value is -4.36. The first kappa shape index (κ1) is 30.2. The number of carbonyl (C=O) groups excluding carboxylic acids is 1. The highest BCUT2D eigenvalue weighted by atomic mass is 32.2. The Balaban J connectivity index is 1.94. The third kappa shape index (κ3) is 7.83. The molecule has 12 nitrogen and oxygen atoms in total. The van der Waals surface area contributed by atoms with Crippen LogP contribution in [0.15, 0.2) is 61.4 Å². The monoisotopic (exact) mass is 568 g/mol. The van der Waals surface area contributed by atoms with Gasteiger partial charge in [-0.25, -0.2) is 18.4 Å². The Bertz CT molecular complexity index is 1460. The van der Waals surface area contributed by atoms with Crippen molar-refractivity contribution in [1.29, 1.82) is 0 Å². The number of nitrogens with one attached hydrogen (secondary N) is 3. The van der Waals surface area contributed by atoms with E-state index in [1.54, 1.807) is 43.5 Å². The van der Waals surface area contributed by atoms with Crippen molar-refractivity contribution in [2.24, 2.45) is 0 Å². The van der Waals surface area contributed by atoms with Gasteiger partial charge in [0.1, 0.15) is 23.7 Å². The summed E-state index contributed by atoms with van der Waals surface area (Å²) in [6, 6.07) is 12.3. The number of nitrogens with zero attached hydrogens (tertiary/aromatic N) is 5. The molecule has 1 heterocycles. The highest BCUT2D eigenvalue weighted by molar-refractivity contribution is 7.92. The smallest absolute Gasteiger partial charge is 0.247 e. The number of amides is 1. The molecule has 0 radical (unpaired) electrons. The first-order chi connectivity index (χ1) is 18.9. The normalized spacial score (nSPS) is 11.1. The number of para-hydroxylation sites is 2. The number of benzene rings is 2. The van der Waals surface area contributed by atoms with Gasteiger partial charge in [-0.15, -0.1) is 0 Å². The molecular weight excluding hydrogens is 532 g/mol. The minimum atomic E-state index is -3.47. The number of carbonyl (C=O) groups is 1. The van der Waals surface area contributed by atoms with Crippen molar-refractivity contribution in [2.45, 2.75) is 0 Å². The summed E-state index contributed by atoms with van der Waals surface area (Å²) in [6.45, 7) is 5.09. The molecule has 0 spiro atoms. The Labute approximate surface area is 235 Å². The highest BCUT2D eigenvalue weighted by Crippen LogP contribution is 2.38. The standard InChI is InChI=1S/C27H36N8O4S/c1-8-27(36)32-20-15-21(24(39-6)16-23(20)34(4)14-13-33(2)3)31-26-17-25(28-18-29-26)30-19-11-9-10-12-22(19)35(5)40(7,37)38/h8-12,15-18H,1,13-14H2,2-7H3,(H,32,36)(H2,28,29,30,31). The SMILES string of the molecule is C=CC(=O)Nc1cc(Nc2cc(Nc3ccccc3N(C)S(C)(=O)=O)ncn2)c(OC)cc1N(C)CCN(C)C. The molecule has 3 aromatic rings. The maximum atomic E-state index is 12.2. The summed E-state index contributed by atoms with van der Waals surface area (Å²) in [5.74, 6) is 1.08. The lowest BCUT2D eigenvalue weighted by Gasteiger charge is -2.26. The molecule has 3 rings (SSSR count). The van der Waals surface area contributed by atoms with Crippen molar-refractivity contribution in [3.05, 3.63) is 61.4 Å². The first-order valence-electron chi connectivity index (χ1n) is 12.3. The van der Waals surface area contributed by atoms with Crippen molar-refractivity contribution in [2.75, 3.05) is 79.8 Å². The van der Waals surface area contributed by atoms with E-state index >= 15 is 0 Å². The first-order valence-corrected chi connectivity index (χ1v) is 14.2. The van der Waals surface area contributed by atoms with Gasteiger partial charge in [-0.2, -0.15) is 0 Å². The summed E-state index contributed by atoms with van der Waals surface area (Å²) in [7, 11) is 5.51. The molecule has 0 saturated carbocycles. The van der Waals surface area contributed by atoms with Crippen LogP contribution in [-0.4, -0.2) is 83.8 Å². The van der Waals surface area contributed by atoms with Crippen LogP contribution in [0, 0.1) is 0 Å². The van der Waals surface area contributed by atoms with Crippen LogP contribution in [-0.2, 0) is 14.8 Å². The molecule has 0 saturated heterocycles. The minimum Gasteiger partial charge on any atom is -0.494 e. The van der Waals surface area contributed by atoms with E-state index in [0.29, 0.717) is 40.1 Å². The Morgan fingerprint density at radius 2 is 1.60 bits per heavy atom. The second-order valence-electron chi connectivity index (χ2n) is 9.27. The molecule has 13 heteroatoms. The third-order valence-corrected chi connectivity index (χ3v) is 7.18. The summed E-state index contributed by atoms with van der Waals surface area (Å²) in [6.07, 6.45) is 3.73. The van der Waals surface area contributed by atoms with Gasteiger partial charge in [0, 0.05) is 39.3 Å². The molecule has 0 fully saturated rings. The number of rotatable bonds is 13. The second kappa shape index (κ2) is 13.1. The quantitative estimate of drug-likeness (QED) is 0.263. The summed E-state index contributed by atoms with van der Waals surface area (Å²) < 4.78 is 31.1. The lowest BCUT2D eigenvalue weighted by Crippen LogP contribution is -2.29. The number of hydrogen-bond donors (Lipinski definition) is 3. The zero-order chi connectivity index (χ0) is 29.4. The third-order valence-electron chi connectivity index (χ3n) is 5.99. The van der Waals surface area contributed by atoms with Gasteiger partial charge in [0.15, 0.2) is 0 Å². The maximum absolute atomic E-state index is 12.2. The van der Waals surface area contributed by atoms with Crippen LogP contribution in [0.2, 0.25) is 0 Å². The fourth-order valence-corrected chi connectivity index (χ4v) is 4.22. The topological polar surface area (TPSA) is 132 Å². The van der Waals surface area contributed by atoms with E-state index in [-0.39, 0.29) is 5.91 Å². The number of methoxy groups -OCH3 is 1. The molecule has 0 aliphatic carbocycles. The number of likely N-dealkylation sites (N-methyl/N-ethyl adjacent to an activating group) is 2. The predicted octanol–water partition coefficient (Wildman–Crippen LogP) is 3.49. The second-order valence-corrected chi connectivity index (χ2v) is 11.3. The largest absolute Gasteiger partial charge is 0.494 e. The van der Waals surface area contributed by atoms with Crippen molar-refractivity contribution < 1.29 is 17.9 Å². The zero-order valence-electron chi connectivity index (χ0n) is 23.6. The van der Waals surface area contributed by atoms with E-state index in [1.807, 2.05) is 32.1 Å². The van der Waals surface area contributed by atoms with E-state index in [4.69, 9.17) is 4.74 Å². The zero-order valence-corrected chi connectivity index (χ0v) is 24.4. The molecule has 0 bridgehead atoms. The Kier molecular flexibility index (Phi) is 9.91.